The minimum absolute atomic E-state index is 0.0120. The van der Waals surface area contributed by atoms with Crippen molar-refractivity contribution in [2.45, 2.75) is 43.1 Å². The molecule has 0 fully saturated rings. The summed E-state index contributed by atoms with van der Waals surface area (Å²) < 4.78 is 16.3. The van der Waals surface area contributed by atoms with Crippen molar-refractivity contribution in [1.29, 1.82) is 0 Å². The quantitative estimate of drug-likeness (QED) is 0.437. The molecule has 0 aliphatic heterocycles. The van der Waals surface area contributed by atoms with Crippen molar-refractivity contribution in [3.63, 3.8) is 0 Å². The number of thioether (sulfide) groups is 1. The minimum atomic E-state index is -1.13. The van der Waals surface area contributed by atoms with Crippen LogP contribution in [0.5, 0.6) is 0 Å². The van der Waals surface area contributed by atoms with Crippen molar-refractivity contribution >= 4 is 34.6 Å². The molecule has 1 aromatic carbocycles. The van der Waals surface area contributed by atoms with Gasteiger partial charge >= 0.3 is 5.97 Å². The topological polar surface area (TPSA) is 68.0 Å². The van der Waals surface area contributed by atoms with Crippen molar-refractivity contribution in [3.05, 3.63) is 65.4 Å². The Kier molecular flexibility index (Phi) is 6.11. The number of allylic oxidation sites excluding steroid dienone is 4. The molecular weight excluding hydrogens is 433 g/mol. The van der Waals surface area contributed by atoms with Gasteiger partial charge in [-0.05, 0) is 43.0 Å². The third kappa shape index (κ3) is 4.36. The van der Waals surface area contributed by atoms with E-state index >= 15 is 0 Å². The highest BCUT2D eigenvalue weighted by molar-refractivity contribution is 8.01. The predicted molar refractivity (Wildman–Crippen MR) is 124 cm³/mol. The molecule has 0 saturated carbocycles. The van der Waals surface area contributed by atoms with Crippen LogP contribution in [-0.2, 0) is 0 Å². The Hall–Kier alpha value is -2.71. The summed E-state index contributed by atoms with van der Waals surface area (Å²) in [5.74, 6) is -1.56. The van der Waals surface area contributed by atoms with Crippen LogP contribution in [0, 0.1) is 12.7 Å². The Morgan fingerprint density at radius 2 is 2.16 bits per heavy atom. The molecule has 0 atom stereocenters. The highest BCUT2D eigenvalue weighted by atomic mass is 32.2. The molecule has 1 aliphatic carbocycles. The van der Waals surface area contributed by atoms with Crippen LogP contribution < -0.4 is 0 Å². The molecule has 0 bridgehead atoms. The van der Waals surface area contributed by atoms with E-state index in [1.54, 1.807) is 30.8 Å². The van der Waals surface area contributed by atoms with Crippen LogP contribution in [-0.4, -0.2) is 31.1 Å². The second kappa shape index (κ2) is 8.80. The summed E-state index contributed by atoms with van der Waals surface area (Å²) in [6.45, 7) is 5.97. The van der Waals surface area contributed by atoms with Gasteiger partial charge in [-0.25, -0.2) is 14.2 Å². The molecule has 31 heavy (non-hydrogen) atoms. The summed E-state index contributed by atoms with van der Waals surface area (Å²) in [4.78, 5) is 17.1. The van der Waals surface area contributed by atoms with E-state index in [2.05, 4.69) is 31.1 Å². The van der Waals surface area contributed by atoms with Gasteiger partial charge in [-0.1, -0.05) is 55.5 Å². The number of hydrogen-bond donors (Lipinski definition) is 1. The molecule has 1 aliphatic rings. The van der Waals surface area contributed by atoms with Crippen LogP contribution in [0.2, 0.25) is 0 Å². The summed E-state index contributed by atoms with van der Waals surface area (Å²) in [5, 5.41) is 15.4. The maximum absolute atomic E-state index is 13.8. The Morgan fingerprint density at radius 1 is 1.35 bits per heavy atom. The average Bonchev–Trinajstić information content (AvgIpc) is 3.29. The molecule has 3 aromatic rings. The van der Waals surface area contributed by atoms with Gasteiger partial charge in [-0.3, -0.25) is 0 Å². The van der Waals surface area contributed by atoms with Crippen LogP contribution >= 0.6 is 23.1 Å². The second-order valence-electron chi connectivity index (χ2n) is 7.49. The molecule has 2 heterocycles. The van der Waals surface area contributed by atoms with Crippen molar-refractivity contribution in [2.75, 3.05) is 0 Å². The van der Waals surface area contributed by atoms with E-state index in [1.165, 1.54) is 28.2 Å². The van der Waals surface area contributed by atoms with Crippen LogP contribution in [0.1, 0.15) is 48.6 Å². The average molecular weight is 456 g/mol. The maximum Gasteiger partial charge on any atom is 0.355 e. The number of carboxylic acids is 1. The molecule has 4 rings (SSSR count). The molecule has 0 saturated heterocycles. The van der Waals surface area contributed by atoms with Gasteiger partial charge in [-0.15, -0.1) is 11.8 Å². The summed E-state index contributed by atoms with van der Waals surface area (Å²) in [6, 6.07) is 5.91. The lowest BCUT2D eigenvalue weighted by Gasteiger charge is -2.09. The van der Waals surface area contributed by atoms with Crippen LogP contribution in [0.4, 0.5) is 4.39 Å². The molecule has 0 unspecified atom stereocenters. The number of nitrogens with zero attached hydrogens (tertiary/aromatic N) is 3. The first-order chi connectivity index (χ1) is 14.8. The highest BCUT2D eigenvalue weighted by Crippen LogP contribution is 2.40. The molecule has 0 amide bonds. The predicted octanol–water partition coefficient (Wildman–Crippen LogP) is 6.38. The van der Waals surface area contributed by atoms with Gasteiger partial charge in [0, 0.05) is 10.8 Å². The number of carbonyl (C=O) groups is 1. The summed E-state index contributed by atoms with van der Waals surface area (Å²) >= 11 is 3.15. The van der Waals surface area contributed by atoms with Gasteiger partial charge in [-0.2, -0.15) is 9.78 Å². The fourth-order valence-corrected chi connectivity index (χ4v) is 6.04. The van der Waals surface area contributed by atoms with E-state index in [4.69, 9.17) is 4.98 Å². The van der Waals surface area contributed by atoms with Gasteiger partial charge in [0.25, 0.3) is 0 Å². The van der Waals surface area contributed by atoms with Gasteiger partial charge in [0.05, 0.1) is 15.6 Å². The summed E-state index contributed by atoms with van der Waals surface area (Å²) in [6.07, 6.45) is 8.07. The smallest absolute Gasteiger partial charge is 0.355 e. The lowest BCUT2D eigenvalue weighted by atomic mass is 10.0. The van der Waals surface area contributed by atoms with E-state index < -0.39 is 11.8 Å². The van der Waals surface area contributed by atoms with Crippen molar-refractivity contribution < 1.29 is 14.3 Å². The van der Waals surface area contributed by atoms with Gasteiger partial charge < -0.3 is 5.11 Å². The zero-order valence-corrected chi connectivity index (χ0v) is 19.1. The molecule has 1 N–H and O–H groups in total. The molecule has 5 nitrogen and oxygen atoms in total. The number of aromatic nitrogens is 3. The lowest BCUT2D eigenvalue weighted by molar-refractivity contribution is 0.0688. The van der Waals surface area contributed by atoms with Gasteiger partial charge in [0.1, 0.15) is 5.82 Å². The zero-order chi connectivity index (χ0) is 22.1. The molecular formula is C23H22FN3O2S2. The molecule has 8 heteroatoms. The Labute approximate surface area is 188 Å². The SMILES string of the molecule is Cc1nn(-c2nc(C3=CC=CCC3)c(SC(C)C)s2)c(C(=O)O)c1-c1cccc(F)c1. The van der Waals surface area contributed by atoms with Gasteiger partial charge in [0.15, 0.2) is 5.69 Å². The minimum Gasteiger partial charge on any atom is -0.476 e. The van der Waals surface area contributed by atoms with Crippen LogP contribution in [0.25, 0.3) is 21.8 Å². The van der Waals surface area contributed by atoms with E-state index in [0.717, 1.165) is 28.3 Å². The summed E-state index contributed by atoms with van der Waals surface area (Å²) in [7, 11) is 0. The number of halogens is 1. The zero-order valence-electron chi connectivity index (χ0n) is 17.4. The molecule has 0 spiro atoms. The fourth-order valence-electron chi connectivity index (χ4n) is 3.54. The number of rotatable bonds is 6. The first-order valence-corrected chi connectivity index (χ1v) is 11.7. The first kappa shape index (κ1) is 21.5. The Balaban J connectivity index is 1.89. The first-order valence-electron chi connectivity index (χ1n) is 9.98. The Morgan fingerprint density at radius 3 is 2.81 bits per heavy atom. The van der Waals surface area contributed by atoms with E-state index in [9.17, 15) is 14.3 Å². The second-order valence-corrected chi connectivity index (χ2v) is 10.3. The third-order valence-corrected chi connectivity index (χ3v) is 7.05. The molecule has 160 valence electrons. The molecule has 2 aromatic heterocycles. The molecule has 0 radical (unpaired) electrons. The van der Waals surface area contributed by atoms with Crippen molar-refractivity contribution in [1.82, 2.24) is 14.8 Å². The van der Waals surface area contributed by atoms with E-state index in [1.807, 2.05) is 6.08 Å². The number of thiazole rings is 1. The highest BCUT2D eigenvalue weighted by Gasteiger charge is 2.27. The normalized spacial score (nSPS) is 13.6. The Bertz CT molecular complexity index is 1210. The monoisotopic (exact) mass is 455 g/mol. The van der Waals surface area contributed by atoms with Crippen LogP contribution in [0.3, 0.4) is 0 Å². The lowest BCUT2D eigenvalue weighted by Crippen LogP contribution is -2.09. The van der Waals surface area contributed by atoms with Gasteiger partial charge in [0.2, 0.25) is 5.13 Å². The number of benzene rings is 1. The van der Waals surface area contributed by atoms with Crippen LogP contribution in [0.15, 0.2) is 46.7 Å². The number of carboxylic acid groups (broad SMARTS) is 1. The van der Waals surface area contributed by atoms with Crippen molar-refractivity contribution in [2.24, 2.45) is 0 Å². The number of aromatic carboxylic acids is 1. The fraction of sp³-hybridized carbons (Fsp3) is 0.261. The van der Waals surface area contributed by atoms with Crippen molar-refractivity contribution in [3.8, 4) is 16.3 Å². The third-order valence-electron chi connectivity index (χ3n) is 4.80. The van der Waals surface area contributed by atoms with E-state index in [-0.39, 0.29) is 5.69 Å². The maximum atomic E-state index is 13.8. The number of aryl methyl sites for hydroxylation is 1. The number of hydrogen-bond acceptors (Lipinski definition) is 5. The standard InChI is InChI=1S/C23H22FN3O2S2/c1-13(2)30-22-19(15-8-5-4-6-9-15)25-23(31-22)27-20(21(28)29)18(14(3)26-27)16-10-7-11-17(24)12-16/h4-5,7-8,10-13H,6,9H2,1-3H3,(H,28,29). The summed E-state index contributed by atoms with van der Waals surface area (Å²) in [5.41, 5.74) is 3.41. The largest absolute Gasteiger partial charge is 0.476 e. The van der Waals surface area contributed by atoms with E-state index in [0.29, 0.717) is 27.2 Å².